The first-order valence-corrected chi connectivity index (χ1v) is 18.4. The number of aromatic nitrogens is 2. The van der Waals surface area contributed by atoms with Crippen molar-refractivity contribution in [2.24, 2.45) is 5.41 Å². The van der Waals surface area contributed by atoms with Gasteiger partial charge >= 0.3 is 0 Å². The maximum atomic E-state index is 14.0. The molecule has 0 saturated carbocycles. The van der Waals surface area contributed by atoms with Crippen LogP contribution in [-0.4, -0.2) is 78.5 Å². The van der Waals surface area contributed by atoms with Gasteiger partial charge in [0.05, 0.1) is 38.3 Å². The smallest absolute Gasteiger partial charge is 0.290 e. The van der Waals surface area contributed by atoms with Crippen LogP contribution in [0.4, 0.5) is 17.6 Å². The molecule has 54 heavy (non-hydrogen) atoms. The Balaban J connectivity index is 0.000000295. The summed E-state index contributed by atoms with van der Waals surface area (Å²) in [6.07, 6.45) is 5.26. The van der Waals surface area contributed by atoms with Crippen LogP contribution in [0.3, 0.4) is 0 Å². The van der Waals surface area contributed by atoms with E-state index in [-0.39, 0.29) is 38.9 Å². The van der Waals surface area contributed by atoms with E-state index < -0.39 is 17.3 Å². The number of ether oxygens (including phenoxy) is 2. The molecule has 8 nitrogen and oxygen atoms in total. The van der Waals surface area contributed by atoms with E-state index >= 15 is 0 Å². The summed E-state index contributed by atoms with van der Waals surface area (Å²) in [5.74, 6) is -4.10. The summed E-state index contributed by atoms with van der Waals surface area (Å²) in [5, 5.41) is 16.8. The molecule has 12 heteroatoms. The van der Waals surface area contributed by atoms with Crippen molar-refractivity contribution in [2.75, 3.05) is 40.4 Å². The van der Waals surface area contributed by atoms with Gasteiger partial charge in [-0.15, -0.1) is 0 Å². The quantitative estimate of drug-likeness (QED) is 0.0979. The highest BCUT2D eigenvalue weighted by Crippen LogP contribution is 2.49. The molecule has 0 unspecified atom stereocenters. The van der Waals surface area contributed by atoms with Crippen LogP contribution in [0, 0.1) is 5.41 Å². The lowest BCUT2D eigenvalue weighted by molar-refractivity contribution is -0.123. The molecule has 3 aromatic carbocycles. The minimum absolute atomic E-state index is 0.137. The number of rotatable bonds is 14. The summed E-state index contributed by atoms with van der Waals surface area (Å²) in [6, 6.07) is 19.3. The second-order valence-corrected chi connectivity index (χ2v) is 13.7. The highest BCUT2D eigenvalue weighted by Gasteiger charge is 2.53. The number of aryl methyl sites for hydroxylation is 2. The third kappa shape index (κ3) is 10.8. The van der Waals surface area contributed by atoms with Gasteiger partial charge in [0.15, 0.2) is 0 Å². The molecule has 4 aromatic rings. The van der Waals surface area contributed by atoms with E-state index in [0.29, 0.717) is 18.8 Å². The van der Waals surface area contributed by atoms with Crippen molar-refractivity contribution in [2.45, 2.75) is 85.1 Å². The molecule has 2 N–H and O–H groups in total. The number of likely N-dealkylation sites (tertiary alicyclic amines) is 1. The SMILES string of the molecule is C=C(NCC)C1(C(C)(F)F)CCN(CC(C)(F)F)CC1.CCCc1cccc2c(-c3c(OC)cc(Cn4nccc4CC)cc3OC)cccc12.O=CO. The Hall–Kier alpha value is -4.58. The van der Waals surface area contributed by atoms with Gasteiger partial charge in [0.2, 0.25) is 0 Å². The largest absolute Gasteiger partial charge is 0.496 e. The summed E-state index contributed by atoms with van der Waals surface area (Å²) >= 11 is 0. The Kier molecular flexibility index (Phi) is 16.0. The van der Waals surface area contributed by atoms with Crippen LogP contribution >= 0.6 is 0 Å². The summed E-state index contributed by atoms with van der Waals surface area (Å²) < 4.78 is 67.8. The maximum Gasteiger partial charge on any atom is 0.290 e. The molecule has 0 radical (unpaired) electrons. The Morgan fingerprint density at radius 2 is 1.57 bits per heavy atom. The normalized spacial score (nSPS) is 14.3. The first-order chi connectivity index (χ1) is 25.6. The monoisotopic (exact) mass is 756 g/mol. The van der Waals surface area contributed by atoms with E-state index in [2.05, 4.69) is 85.4 Å². The Bertz CT molecular complexity index is 1780. The minimum atomic E-state index is -2.92. The summed E-state index contributed by atoms with van der Waals surface area (Å²) in [6.45, 7) is 12.7. The van der Waals surface area contributed by atoms with Gasteiger partial charge in [-0.2, -0.15) is 5.10 Å². The zero-order valence-electron chi connectivity index (χ0n) is 32.7. The molecule has 0 atom stereocenters. The number of benzene rings is 3. The van der Waals surface area contributed by atoms with Gasteiger partial charge in [-0.1, -0.05) is 63.2 Å². The number of alkyl halides is 4. The lowest BCUT2D eigenvalue weighted by Gasteiger charge is -2.46. The Labute approximate surface area is 317 Å². The molecule has 1 aliphatic heterocycles. The number of piperidine rings is 1. The first kappa shape index (κ1) is 43.8. The van der Waals surface area contributed by atoms with E-state index in [0.717, 1.165) is 61.3 Å². The van der Waals surface area contributed by atoms with E-state index in [9.17, 15) is 17.6 Å². The molecule has 1 saturated heterocycles. The topological polar surface area (TPSA) is 88.9 Å². The number of methoxy groups -OCH3 is 2. The van der Waals surface area contributed by atoms with Crippen LogP contribution in [0.1, 0.15) is 70.7 Å². The van der Waals surface area contributed by atoms with E-state index in [1.165, 1.54) is 22.0 Å². The summed E-state index contributed by atoms with van der Waals surface area (Å²) in [5.41, 5.74) is 4.77. The second-order valence-electron chi connectivity index (χ2n) is 13.7. The maximum absolute atomic E-state index is 14.0. The van der Waals surface area contributed by atoms with Crippen LogP contribution in [-0.2, 0) is 24.2 Å². The van der Waals surface area contributed by atoms with Crippen LogP contribution in [0.25, 0.3) is 21.9 Å². The van der Waals surface area contributed by atoms with Crippen molar-refractivity contribution in [1.82, 2.24) is 20.0 Å². The molecule has 2 heterocycles. The fourth-order valence-electron chi connectivity index (χ4n) is 7.25. The number of carboxylic acid groups (broad SMARTS) is 1. The average molecular weight is 757 g/mol. The van der Waals surface area contributed by atoms with Crippen molar-refractivity contribution in [3.05, 3.63) is 89.9 Å². The van der Waals surface area contributed by atoms with Crippen molar-refractivity contribution in [3.63, 3.8) is 0 Å². The second kappa shape index (κ2) is 19.7. The molecule has 1 aliphatic rings. The van der Waals surface area contributed by atoms with Gasteiger partial charge in [-0.05, 0) is 91.4 Å². The van der Waals surface area contributed by atoms with Gasteiger partial charge in [-0.3, -0.25) is 14.4 Å². The molecule has 0 aliphatic carbocycles. The highest BCUT2D eigenvalue weighted by atomic mass is 19.3. The lowest BCUT2D eigenvalue weighted by Crippen LogP contribution is -2.53. The van der Waals surface area contributed by atoms with Crippen molar-refractivity contribution < 1.29 is 36.9 Å². The van der Waals surface area contributed by atoms with Crippen molar-refractivity contribution in [3.8, 4) is 22.6 Å². The zero-order chi connectivity index (χ0) is 40.1. The number of hydrogen-bond acceptors (Lipinski definition) is 6. The standard InChI is InChI=1S/C27H30N2O2.C14H24F4N2.CH2O2/c1-5-9-20-10-7-12-23-22(20)11-8-13-24(23)27-25(30-3)16-19(17-26(27)31-4)18-29-21(6-2)14-15-28-29;1-5-19-11(2)14(13(4,17)18)6-8-20(9-7-14)10-12(3,15)16;2-1-3/h7-8,10-17H,5-6,9,18H2,1-4H3;19H,2,5-10H2,1,3-4H3;1H,(H,2,3). The molecule has 0 bridgehead atoms. The van der Waals surface area contributed by atoms with Crippen LogP contribution < -0.4 is 14.8 Å². The first-order valence-electron chi connectivity index (χ1n) is 18.4. The number of nitrogens with one attached hydrogen (secondary N) is 1. The zero-order valence-corrected chi connectivity index (χ0v) is 32.7. The number of allylic oxidation sites excluding steroid dienone is 1. The number of nitrogens with zero attached hydrogens (tertiary/aromatic N) is 3. The summed E-state index contributed by atoms with van der Waals surface area (Å²) in [4.78, 5) is 9.91. The molecule has 1 aromatic heterocycles. The third-order valence-electron chi connectivity index (χ3n) is 9.88. The van der Waals surface area contributed by atoms with Gasteiger partial charge in [0.25, 0.3) is 18.3 Å². The molecular formula is C42H56F4N4O4. The van der Waals surface area contributed by atoms with Gasteiger partial charge in [0.1, 0.15) is 11.5 Å². The molecular weight excluding hydrogens is 700 g/mol. The lowest BCUT2D eigenvalue weighted by atomic mass is 9.71. The molecule has 1 fully saturated rings. The van der Waals surface area contributed by atoms with Gasteiger partial charge in [0, 0.05) is 38.0 Å². The predicted octanol–water partition coefficient (Wildman–Crippen LogP) is 9.49. The number of carbonyl (C=O) groups is 1. The predicted molar refractivity (Wildman–Crippen MR) is 208 cm³/mol. The van der Waals surface area contributed by atoms with Crippen molar-refractivity contribution >= 4 is 17.2 Å². The van der Waals surface area contributed by atoms with Crippen LogP contribution in [0.15, 0.2) is 73.1 Å². The fourth-order valence-corrected chi connectivity index (χ4v) is 7.25. The molecule has 0 spiro atoms. The Morgan fingerprint density at radius 1 is 0.981 bits per heavy atom. The number of fused-ring (bicyclic) bond motifs is 1. The highest BCUT2D eigenvalue weighted by molar-refractivity contribution is 6.01. The fraction of sp³-hybridized carbons (Fsp3) is 0.476. The van der Waals surface area contributed by atoms with E-state index in [1.54, 1.807) is 19.1 Å². The molecule has 0 amide bonds. The third-order valence-corrected chi connectivity index (χ3v) is 9.88. The average Bonchev–Trinajstić information content (AvgIpc) is 3.58. The van der Waals surface area contributed by atoms with Crippen LogP contribution in [0.2, 0.25) is 0 Å². The number of hydrogen-bond donors (Lipinski definition) is 2. The Morgan fingerprint density at radius 3 is 2.09 bits per heavy atom. The van der Waals surface area contributed by atoms with E-state index in [4.69, 9.17) is 19.4 Å². The molecule has 296 valence electrons. The minimum Gasteiger partial charge on any atom is -0.496 e. The molecule has 5 rings (SSSR count). The number of halogens is 4. The van der Waals surface area contributed by atoms with Gasteiger partial charge < -0.3 is 19.9 Å². The van der Waals surface area contributed by atoms with Gasteiger partial charge in [-0.25, -0.2) is 17.6 Å². The van der Waals surface area contributed by atoms with Crippen molar-refractivity contribution in [1.29, 1.82) is 0 Å². The summed E-state index contributed by atoms with van der Waals surface area (Å²) in [7, 11) is 3.45. The van der Waals surface area contributed by atoms with E-state index in [1.807, 2.05) is 17.8 Å². The van der Waals surface area contributed by atoms with Crippen LogP contribution in [0.5, 0.6) is 11.5 Å².